The minimum atomic E-state index is -3.73. The minimum Gasteiger partial charge on any atom is -0.361 e. The second-order valence-electron chi connectivity index (χ2n) is 10.3. The molecule has 0 saturated heterocycles. The van der Waals surface area contributed by atoms with Gasteiger partial charge in [0.15, 0.2) is 5.82 Å². The molecule has 3 aromatic rings. The molecule has 0 radical (unpaired) electrons. The molecule has 33 heavy (non-hydrogen) atoms. The van der Waals surface area contributed by atoms with Gasteiger partial charge in [-0.1, -0.05) is 46.8 Å². The monoisotopic (exact) mass is 467 g/mol. The lowest BCUT2D eigenvalue weighted by Crippen LogP contribution is -2.40. The topological polar surface area (TPSA) is 74.1 Å². The summed E-state index contributed by atoms with van der Waals surface area (Å²) < 4.78 is 31.4. The van der Waals surface area contributed by atoms with E-state index in [4.69, 9.17) is 9.28 Å². The van der Waals surface area contributed by atoms with Crippen molar-refractivity contribution in [3.05, 3.63) is 59.3 Å². The summed E-state index contributed by atoms with van der Waals surface area (Å²) in [5, 5.41) is 4.74. The number of fused-ring (bicyclic) bond motifs is 1. The molecule has 1 aliphatic rings. The molecule has 0 spiro atoms. The van der Waals surface area contributed by atoms with E-state index in [1.54, 1.807) is 31.3 Å². The van der Waals surface area contributed by atoms with Crippen molar-refractivity contribution in [2.75, 3.05) is 5.75 Å². The first-order valence-corrected chi connectivity index (χ1v) is 13.0. The molecular weight excluding hydrogens is 434 g/mol. The van der Waals surface area contributed by atoms with Gasteiger partial charge in [0.25, 0.3) is 0 Å². The normalized spacial score (nSPS) is 19.2. The summed E-state index contributed by atoms with van der Waals surface area (Å²) in [6.45, 7) is 15.2. The zero-order valence-corrected chi connectivity index (χ0v) is 21.3. The molecule has 2 aromatic heterocycles. The second kappa shape index (κ2) is 7.97. The Hall–Kier alpha value is -2.67. The van der Waals surface area contributed by atoms with Crippen molar-refractivity contribution in [3.63, 3.8) is 0 Å². The Labute approximate surface area is 197 Å². The van der Waals surface area contributed by atoms with Crippen LogP contribution in [-0.4, -0.2) is 28.9 Å². The van der Waals surface area contributed by atoms with Crippen LogP contribution >= 0.6 is 0 Å². The van der Waals surface area contributed by atoms with Gasteiger partial charge in [-0.2, -0.15) is 18.2 Å². The molecule has 4 rings (SSSR count). The summed E-state index contributed by atoms with van der Waals surface area (Å²) in [6, 6.07) is 11.6. The highest BCUT2D eigenvalue weighted by Gasteiger charge is 2.42. The Morgan fingerprint density at radius 1 is 1.12 bits per heavy atom. The quantitative estimate of drug-likeness (QED) is 0.459. The van der Waals surface area contributed by atoms with Crippen LogP contribution in [0.4, 0.5) is 0 Å². The number of pyridine rings is 1. The number of hydrogen-bond acceptors (Lipinski definition) is 5. The predicted octanol–water partition coefficient (Wildman–Crippen LogP) is 5.57. The fourth-order valence-corrected chi connectivity index (χ4v) is 5.36. The van der Waals surface area contributed by atoms with Crippen LogP contribution in [-0.2, 0) is 20.9 Å². The molecule has 0 amide bonds. The SMILES string of the molecule is CCS(=O)(=O)Oc1cc(-c2cc3c(cc2C)C(C)(C)C(C)CC3(C)C)nn1-c1ccccn1. The highest BCUT2D eigenvalue weighted by molar-refractivity contribution is 7.87. The van der Waals surface area contributed by atoms with E-state index < -0.39 is 10.1 Å². The third-order valence-electron chi connectivity index (χ3n) is 7.22. The first kappa shape index (κ1) is 23.5. The predicted molar refractivity (Wildman–Crippen MR) is 131 cm³/mol. The Bertz CT molecular complexity index is 1290. The third kappa shape index (κ3) is 4.19. The Kier molecular flexibility index (Phi) is 5.68. The highest BCUT2D eigenvalue weighted by atomic mass is 32.2. The lowest BCUT2D eigenvalue weighted by Gasteiger charge is -2.47. The molecule has 0 fully saturated rings. The summed E-state index contributed by atoms with van der Waals surface area (Å²) in [6.07, 6.45) is 2.74. The van der Waals surface area contributed by atoms with Crippen molar-refractivity contribution in [2.45, 2.75) is 65.7 Å². The van der Waals surface area contributed by atoms with Crippen LogP contribution in [0.3, 0.4) is 0 Å². The molecule has 0 aliphatic heterocycles. The maximum absolute atomic E-state index is 12.3. The molecule has 1 unspecified atom stereocenters. The van der Waals surface area contributed by atoms with E-state index in [0.717, 1.165) is 17.5 Å². The van der Waals surface area contributed by atoms with Gasteiger partial charge in [-0.25, -0.2) is 4.98 Å². The number of aryl methyl sites for hydroxylation is 1. The van der Waals surface area contributed by atoms with E-state index in [2.05, 4.69) is 58.7 Å². The Balaban J connectivity index is 1.91. The largest absolute Gasteiger partial charge is 0.361 e. The molecule has 0 saturated carbocycles. The summed E-state index contributed by atoms with van der Waals surface area (Å²) in [4.78, 5) is 4.34. The molecule has 0 bridgehead atoms. The molecule has 1 aliphatic carbocycles. The van der Waals surface area contributed by atoms with Crippen molar-refractivity contribution in [1.82, 2.24) is 14.8 Å². The molecule has 6 nitrogen and oxygen atoms in total. The van der Waals surface area contributed by atoms with Gasteiger partial charge >= 0.3 is 10.1 Å². The molecule has 2 heterocycles. The van der Waals surface area contributed by atoms with Crippen molar-refractivity contribution in [1.29, 1.82) is 0 Å². The van der Waals surface area contributed by atoms with Crippen LogP contribution in [0, 0.1) is 12.8 Å². The van der Waals surface area contributed by atoms with Gasteiger partial charge < -0.3 is 4.18 Å². The zero-order chi connectivity index (χ0) is 24.2. The maximum Gasteiger partial charge on any atom is 0.310 e. The smallest absolute Gasteiger partial charge is 0.310 e. The van der Waals surface area contributed by atoms with Gasteiger partial charge in [0.2, 0.25) is 5.88 Å². The van der Waals surface area contributed by atoms with Crippen LogP contribution in [0.2, 0.25) is 0 Å². The molecule has 176 valence electrons. The van der Waals surface area contributed by atoms with Gasteiger partial charge in [0.05, 0.1) is 11.4 Å². The molecular formula is C26H33N3O3S. The van der Waals surface area contributed by atoms with E-state index in [9.17, 15) is 8.42 Å². The van der Waals surface area contributed by atoms with Crippen LogP contribution in [0.1, 0.15) is 64.7 Å². The van der Waals surface area contributed by atoms with Crippen LogP contribution in [0.25, 0.3) is 17.1 Å². The van der Waals surface area contributed by atoms with Gasteiger partial charge in [0, 0.05) is 17.8 Å². The van der Waals surface area contributed by atoms with Gasteiger partial charge in [-0.05, 0) is 71.9 Å². The standard InChI is InChI=1S/C26H33N3O3S/c1-8-33(30,31)32-24-15-22(28-29(24)23-11-9-10-12-27-23)19-14-20-21(13-17(19)2)26(6,7)18(3)16-25(20,4)5/h9-15,18H,8,16H2,1-7H3. The number of benzene rings is 1. The van der Waals surface area contributed by atoms with E-state index >= 15 is 0 Å². The van der Waals surface area contributed by atoms with Gasteiger partial charge in [-0.15, -0.1) is 0 Å². The Morgan fingerprint density at radius 2 is 1.85 bits per heavy atom. The minimum absolute atomic E-state index is 0.0289. The van der Waals surface area contributed by atoms with E-state index in [0.29, 0.717) is 17.4 Å². The number of nitrogens with zero attached hydrogens (tertiary/aromatic N) is 3. The number of hydrogen-bond donors (Lipinski definition) is 0. The second-order valence-corrected chi connectivity index (χ2v) is 12.2. The van der Waals surface area contributed by atoms with Crippen molar-refractivity contribution in [3.8, 4) is 23.0 Å². The first-order valence-electron chi connectivity index (χ1n) is 11.5. The van der Waals surface area contributed by atoms with E-state index in [-0.39, 0.29) is 22.5 Å². The van der Waals surface area contributed by atoms with Gasteiger partial charge in [0.1, 0.15) is 0 Å². The molecule has 7 heteroatoms. The Morgan fingerprint density at radius 3 is 2.48 bits per heavy atom. The summed E-state index contributed by atoms with van der Waals surface area (Å²) in [7, 11) is -3.73. The van der Waals surface area contributed by atoms with E-state index in [1.807, 2.05) is 6.07 Å². The average molecular weight is 468 g/mol. The lowest BCUT2D eigenvalue weighted by molar-refractivity contribution is 0.233. The summed E-state index contributed by atoms with van der Waals surface area (Å²) >= 11 is 0. The number of aromatic nitrogens is 3. The zero-order valence-electron chi connectivity index (χ0n) is 20.5. The van der Waals surface area contributed by atoms with Crippen molar-refractivity contribution >= 4 is 10.1 Å². The fourth-order valence-electron chi connectivity index (χ4n) is 4.86. The molecule has 0 N–H and O–H groups in total. The summed E-state index contributed by atoms with van der Waals surface area (Å²) in [5.41, 5.74) is 5.54. The van der Waals surface area contributed by atoms with Crippen molar-refractivity contribution < 1.29 is 12.6 Å². The molecule has 1 atom stereocenters. The average Bonchev–Trinajstić information content (AvgIpc) is 3.15. The maximum atomic E-state index is 12.3. The van der Waals surface area contributed by atoms with Crippen LogP contribution in [0.5, 0.6) is 5.88 Å². The highest BCUT2D eigenvalue weighted by Crippen LogP contribution is 2.50. The molecule has 1 aromatic carbocycles. The fraction of sp³-hybridized carbons (Fsp3) is 0.462. The summed E-state index contributed by atoms with van der Waals surface area (Å²) in [5.74, 6) is 1.06. The number of rotatable bonds is 5. The third-order valence-corrected chi connectivity index (χ3v) is 8.35. The van der Waals surface area contributed by atoms with Crippen molar-refractivity contribution in [2.24, 2.45) is 5.92 Å². The van der Waals surface area contributed by atoms with Crippen LogP contribution in [0.15, 0.2) is 42.6 Å². The van der Waals surface area contributed by atoms with E-state index in [1.165, 1.54) is 15.8 Å². The lowest BCUT2D eigenvalue weighted by atomic mass is 9.58. The van der Waals surface area contributed by atoms with Gasteiger partial charge in [-0.3, -0.25) is 0 Å². The van der Waals surface area contributed by atoms with Crippen LogP contribution < -0.4 is 4.18 Å². The first-order chi connectivity index (χ1) is 15.4.